The Morgan fingerprint density at radius 1 is 1.37 bits per heavy atom. The molecule has 0 saturated carbocycles. The Hall–Kier alpha value is -3.50. The number of thiazole rings is 1. The van der Waals surface area contributed by atoms with Crippen LogP contribution in [0.15, 0.2) is 34.8 Å². The first-order valence-corrected chi connectivity index (χ1v) is 8.90. The Bertz CT molecular complexity index is 1070. The van der Waals surface area contributed by atoms with Crippen molar-refractivity contribution in [3.8, 4) is 17.5 Å². The van der Waals surface area contributed by atoms with Gasteiger partial charge in [0, 0.05) is 13.3 Å². The molecule has 9 nitrogen and oxygen atoms in total. The summed E-state index contributed by atoms with van der Waals surface area (Å²) in [6.45, 7) is 0. The standard InChI is InChI=1S/C17H13F3N6O3S/c1-28-14-11(13(22)27)15(29-2)26(7-24-14)16-25-12(10(5-21)30-16)9-4-3-8(6-23-9)17(18,19)20/h3-4,6-7,15H,1-2H3,(H2,22,27). The van der Waals surface area contributed by atoms with Gasteiger partial charge in [0.15, 0.2) is 11.4 Å². The average Bonchev–Trinajstić information content (AvgIpc) is 3.16. The second kappa shape index (κ2) is 8.09. The number of halogens is 3. The maximum Gasteiger partial charge on any atom is 0.417 e. The van der Waals surface area contributed by atoms with Crippen LogP contribution in [0, 0.1) is 11.3 Å². The molecule has 2 aromatic rings. The Morgan fingerprint density at radius 2 is 2.10 bits per heavy atom. The number of primary amides is 1. The van der Waals surface area contributed by atoms with Gasteiger partial charge in [-0.2, -0.15) is 18.4 Å². The Labute approximate surface area is 171 Å². The summed E-state index contributed by atoms with van der Waals surface area (Å²) in [5, 5.41) is 9.63. The minimum absolute atomic E-state index is 0.0349. The van der Waals surface area contributed by atoms with Crippen LogP contribution in [0.4, 0.5) is 18.3 Å². The van der Waals surface area contributed by atoms with E-state index in [4.69, 9.17) is 15.2 Å². The van der Waals surface area contributed by atoms with E-state index in [1.165, 1.54) is 25.5 Å². The zero-order valence-corrected chi connectivity index (χ0v) is 16.3. The number of aromatic nitrogens is 2. The van der Waals surface area contributed by atoms with Crippen molar-refractivity contribution < 1.29 is 27.4 Å². The highest BCUT2D eigenvalue weighted by atomic mass is 32.1. The second-order valence-corrected chi connectivity index (χ2v) is 6.72. The van der Waals surface area contributed by atoms with Crippen LogP contribution >= 0.6 is 11.3 Å². The summed E-state index contributed by atoms with van der Waals surface area (Å²) in [5.41, 5.74) is 4.58. The molecule has 0 aromatic carbocycles. The van der Waals surface area contributed by atoms with Crippen molar-refractivity contribution in [2.45, 2.75) is 12.4 Å². The highest BCUT2D eigenvalue weighted by molar-refractivity contribution is 7.16. The summed E-state index contributed by atoms with van der Waals surface area (Å²) in [6, 6.07) is 3.91. The number of anilines is 1. The topological polar surface area (TPSA) is 127 Å². The van der Waals surface area contributed by atoms with Crippen molar-refractivity contribution in [3.05, 3.63) is 40.2 Å². The number of methoxy groups -OCH3 is 2. The van der Waals surface area contributed by atoms with Crippen molar-refractivity contribution in [2.24, 2.45) is 10.7 Å². The number of aliphatic imine (C=N–C) groups is 1. The molecule has 13 heteroatoms. The predicted octanol–water partition coefficient (Wildman–Crippen LogP) is 2.26. The third-order valence-electron chi connectivity index (χ3n) is 3.98. The number of nitrogens with two attached hydrogens (primary N) is 1. The maximum atomic E-state index is 12.8. The lowest BCUT2D eigenvalue weighted by Gasteiger charge is -2.30. The fraction of sp³-hybridized carbons (Fsp3) is 0.235. The average molecular weight is 438 g/mol. The molecule has 1 unspecified atom stereocenters. The van der Waals surface area contributed by atoms with Crippen LogP contribution in [-0.4, -0.2) is 42.7 Å². The number of hydrogen-bond donors (Lipinski definition) is 1. The molecular formula is C17H13F3N6O3S. The number of amides is 1. The minimum atomic E-state index is -4.54. The van der Waals surface area contributed by atoms with E-state index in [-0.39, 0.29) is 32.9 Å². The van der Waals surface area contributed by atoms with Crippen molar-refractivity contribution in [1.29, 1.82) is 5.26 Å². The third-order valence-corrected chi connectivity index (χ3v) is 4.96. The highest BCUT2D eigenvalue weighted by Gasteiger charge is 2.35. The van der Waals surface area contributed by atoms with Gasteiger partial charge in [0.1, 0.15) is 28.6 Å². The molecule has 30 heavy (non-hydrogen) atoms. The van der Waals surface area contributed by atoms with Crippen molar-refractivity contribution in [2.75, 3.05) is 19.1 Å². The second-order valence-electron chi connectivity index (χ2n) is 5.74. The number of carbonyl (C=O) groups is 1. The maximum absolute atomic E-state index is 12.8. The number of nitrogens with zero attached hydrogens (tertiary/aromatic N) is 5. The number of alkyl halides is 3. The lowest BCUT2D eigenvalue weighted by Crippen LogP contribution is -2.44. The fourth-order valence-corrected chi connectivity index (χ4v) is 3.49. The van der Waals surface area contributed by atoms with Gasteiger partial charge in [-0.1, -0.05) is 11.3 Å². The molecule has 3 heterocycles. The molecule has 0 aliphatic carbocycles. The van der Waals surface area contributed by atoms with E-state index >= 15 is 0 Å². The van der Waals surface area contributed by atoms with Gasteiger partial charge < -0.3 is 15.2 Å². The highest BCUT2D eigenvalue weighted by Crippen LogP contribution is 2.36. The number of rotatable bonds is 5. The number of pyridine rings is 1. The van der Waals surface area contributed by atoms with Crippen LogP contribution in [0.3, 0.4) is 0 Å². The van der Waals surface area contributed by atoms with E-state index in [2.05, 4.69) is 15.0 Å². The summed E-state index contributed by atoms with van der Waals surface area (Å²) >= 11 is 0.917. The SMILES string of the molecule is COC1=C(C(N)=O)C(OC)N(c2nc(-c3ccc(C(F)(F)F)cn3)c(C#N)s2)C=N1. The van der Waals surface area contributed by atoms with E-state index in [0.29, 0.717) is 6.20 Å². The van der Waals surface area contributed by atoms with E-state index < -0.39 is 23.9 Å². The molecule has 0 fully saturated rings. The van der Waals surface area contributed by atoms with Gasteiger partial charge in [-0.15, -0.1) is 0 Å². The molecule has 1 amide bonds. The molecule has 1 aliphatic heterocycles. The van der Waals surface area contributed by atoms with Crippen molar-refractivity contribution >= 4 is 28.7 Å². The molecule has 0 saturated heterocycles. The molecule has 0 radical (unpaired) electrons. The molecule has 2 aromatic heterocycles. The van der Waals surface area contributed by atoms with E-state index in [0.717, 1.165) is 23.5 Å². The lowest BCUT2D eigenvalue weighted by atomic mass is 10.2. The van der Waals surface area contributed by atoms with Crippen LogP contribution in [0.1, 0.15) is 10.4 Å². The summed E-state index contributed by atoms with van der Waals surface area (Å²) < 4.78 is 48.7. The van der Waals surface area contributed by atoms with Gasteiger partial charge in [-0.25, -0.2) is 9.98 Å². The molecule has 3 rings (SSSR count). The largest absolute Gasteiger partial charge is 0.480 e. The molecule has 2 N–H and O–H groups in total. The van der Waals surface area contributed by atoms with E-state index in [1.807, 2.05) is 6.07 Å². The molecule has 0 bridgehead atoms. The van der Waals surface area contributed by atoms with Gasteiger partial charge in [0.2, 0.25) is 5.88 Å². The Balaban J connectivity index is 2.03. The zero-order valence-electron chi connectivity index (χ0n) is 15.5. The first kappa shape index (κ1) is 21.2. The number of carbonyl (C=O) groups excluding carboxylic acids is 1. The quantitative estimate of drug-likeness (QED) is 0.759. The van der Waals surface area contributed by atoms with Crippen molar-refractivity contribution in [3.63, 3.8) is 0 Å². The monoisotopic (exact) mass is 438 g/mol. The molecule has 156 valence electrons. The summed E-state index contributed by atoms with van der Waals surface area (Å²) in [4.78, 5) is 25.4. The summed E-state index contributed by atoms with van der Waals surface area (Å²) in [6.07, 6.45) is -3.64. The van der Waals surface area contributed by atoms with E-state index in [9.17, 15) is 23.2 Å². The number of nitriles is 1. The predicted molar refractivity (Wildman–Crippen MR) is 100 cm³/mol. The first-order chi connectivity index (χ1) is 14.2. The van der Waals surface area contributed by atoms with Gasteiger partial charge >= 0.3 is 6.18 Å². The van der Waals surface area contributed by atoms with Crippen LogP contribution in [0.5, 0.6) is 0 Å². The number of ether oxygens (including phenoxy) is 2. The molecule has 1 atom stereocenters. The summed E-state index contributed by atoms with van der Waals surface area (Å²) in [7, 11) is 2.63. The van der Waals surface area contributed by atoms with Crippen LogP contribution in [0.2, 0.25) is 0 Å². The first-order valence-electron chi connectivity index (χ1n) is 8.09. The fourth-order valence-electron chi connectivity index (χ4n) is 2.63. The third kappa shape index (κ3) is 3.82. The Kier molecular flexibility index (Phi) is 5.72. The summed E-state index contributed by atoms with van der Waals surface area (Å²) in [5.74, 6) is -0.866. The molecule has 0 spiro atoms. The zero-order chi connectivity index (χ0) is 22.1. The van der Waals surface area contributed by atoms with Crippen molar-refractivity contribution in [1.82, 2.24) is 9.97 Å². The Morgan fingerprint density at radius 3 is 2.60 bits per heavy atom. The van der Waals surface area contributed by atoms with Crippen LogP contribution in [0.25, 0.3) is 11.4 Å². The van der Waals surface area contributed by atoms with Gasteiger partial charge in [0.25, 0.3) is 5.91 Å². The van der Waals surface area contributed by atoms with Crippen LogP contribution < -0.4 is 10.6 Å². The number of hydrogen-bond acceptors (Lipinski definition) is 9. The van der Waals surface area contributed by atoms with Gasteiger partial charge in [0.05, 0.1) is 18.4 Å². The van der Waals surface area contributed by atoms with E-state index in [1.54, 1.807) is 0 Å². The van der Waals surface area contributed by atoms with Gasteiger partial charge in [-0.05, 0) is 12.1 Å². The minimum Gasteiger partial charge on any atom is -0.480 e. The van der Waals surface area contributed by atoms with Crippen LogP contribution in [-0.2, 0) is 20.4 Å². The molecule has 1 aliphatic rings. The normalized spacial score (nSPS) is 16.5. The van der Waals surface area contributed by atoms with Gasteiger partial charge in [-0.3, -0.25) is 14.7 Å². The lowest BCUT2D eigenvalue weighted by molar-refractivity contribution is -0.137. The smallest absolute Gasteiger partial charge is 0.417 e. The molecular weight excluding hydrogens is 425 g/mol.